The molecule has 0 saturated carbocycles. The normalized spacial score (nSPS) is 11.0. The topological polar surface area (TPSA) is 104 Å². The number of hydrazine groups is 1. The molecule has 0 aromatic heterocycles. The molecule has 138 valence electrons. The largest absolute Gasteiger partial charge is 0.271 e. The van der Waals surface area contributed by atoms with E-state index >= 15 is 0 Å². The van der Waals surface area contributed by atoms with Gasteiger partial charge in [-0.3, -0.25) is 20.4 Å². The van der Waals surface area contributed by atoms with Gasteiger partial charge < -0.3 is 0 Å². The highest BCUT2D eigenvalue weighted by atomic mass is 35.5. The third kappa shape index (κ3) is 4.60. The zero-order valence-electron chi connectivity index (χ0n) is 14.2. The molecule has 9 heteroatoms. The number of sulfonamides is 1. The first kappa shape index (κ1) is 19.9. The Hall–Kier alpha value is -2.42. The van der Waals surface area contributed by atoms with Crippen LogP contribution >= 0.6 is 11.6 Å². The van der Waals surface area contributed by atoms with Crippen molar-refractivity contribution < 1.29 is 18.0 Å². The molecule has 2 aromatic carbocycles. The van der Waals surface area contributed by atoms with Gasteiger partial charge in [-0.1, -0.05) is 30.7 Å². The predicted molar refractivity (Wildman–Crippen MR) is 98.4 cm³/mol. The van der Waals surface area contributed by atoms with Gasteiger partial charge >= 0.3 is 0 Å². The Bertz CT molecular complexity index is 928. The van der Waals surface area contributed by atoms with Gasteiger partial charge in [0, 0.05) is 5.56 Å². The van der Waals surface area contributed by atoms with Crippen LogP contribution in [0.5, 0.6) is 0 Å². The van der Waals surface area contributed by atoms with Crippen LogP contribution in [0.25, 0.3) is 0 Å². The van der Waals surface area contributed by atoms with Gasteiger partial charge in [0.05, 0.1) is 15.5 Å². The van der Waals surface area contributed by atoms with E-state index in [1.807, 2.05) is 19.1 Å². The fraction of sp³-hybridized carbons (Fsp3) is 0.176. The summed E-state index contributed by atoms with van der Waals surface area (Å²) in [6.07, 6.45) is 0.850. The molecule has 0 saturated heterocycles. The molecule has 7 nitrogen and oxygen atoms in total. The second-order valence-electron chi connectivity index (χ2n) is 5.31. The lowest BCUT2D eigenvalue weighted by Crippen LogP contribution is -2.41. The van der Waals surface area contributed by atoms with Gasteiger partial charge in [-0.05, 0) is 49.4 Å². The molecule has 0 aliphatic rings. The van der Waals surface area contributed by atoms with E-state index in [2.05, 4.69) is 15.6 Å². The lowest BCUT2D eigenvalue weighted by atomic mass is 10.1. The average Bonchev–Trinajstić information content (AvgIpc) is 2.66. The van der Waals surface area contributed by atoms with Crippen LogP contribution in [0.4, 0.5) is 0 Å². The highest BCUT2D eigenvalue weighted by Gasteiger charge is 2.18. The van der Waals surface area contributed by atoms with E-state index < -0.39 is 21.8 Å². The average molecular weight is 396 g/mol. The minimum absolute atomic E-state index is 0.0547. The Morgan fingerprint density at radius 2 is 1.62 bits per heavy atom. The lowest BCUT2D eigenvalue weighted by Gasteiger charge is -2.10. The van der Waals surface area contributed by atoms with Crippen molar-refractivity contribution in [3.8, 4) is 0 Å². The van der Waals surface area contributed by atoms with Crippen LogP contribution < -0.4 is 15.6 Å². The van der Waals surface area contributed by atoms with E-state index in [-0.39, 0.29) is 15.5 Å². The summed E-state index contributed by atoms with van der Waals surface area (Å²) in [5.74, 6) is -1.24. The van der Waals surface area contributed by atoms with Crippen molar-refractivity contribution in [1.29, 1.82) is 0 Å². The summed E-state index contributed by atoms with van der Waals surface area (Å²) in [6.45, 7) is 2.00. The van der Waals surface area contributed by atoms with Crippen LogP contribution in [0, 0.1) is 0 Å². The van der Waals surface area contributed by atoms with Crippen LogP contribution in [0.3, 0.4) is 0 Å². The third-order valence-electron chi connectivity index (χ3n) is 3.68. The number of halogens is 1. The zero-order chi connectivity index (χ0) is 19.3. The molecule has 0 heterocycles. The summed E-state index contributed by atoms with van der Waals surface area (Å²) in [5.41, 5.74) is 5.88. The summed E-state index contributed by atoms with van der Waals surface area (Å²) in [6, 6.07) is 10.6. The summed E-state index contributed by atoms with van der Waals surface area (Å²) < 4.78 is 25.8. The summed E-state index contributed by atoms with van der Waals surface area (Å²) >= 11 is 5.96. The number of rotatable bonds is 5. The van der Waals surface area contributed by atoms with Crippen LogP contribution in [0.2, 0.25) is 5.02 Å². The smallest absolute Gasteiger partial charge is 0.267 e. The molecular weight excluding hydrogens is 378 g/mol. The highest BCUT2D eigenvalue weighted by Crippen LogP contribution is 2.20. The maximum Gasteiger partial charge on any atom is 0.271 e. The minimum atomic E-state index is -3.73. The first-order valence-electron chi connectivity index (χ1n) is 7.71. The van der Waals surface area contributed by atoms with Crippen LogP contribution in [-0.4, -0.2) is 27.3 Å². The lowest BCUT2D eigenvalue weighted by molar-refractivity contribution is 0.0846. The van der Waals surface area contributed by atoms with Gasteiger partial charge in [-0.2, -0.15) is 0 Å². The van der Waals surface area contributed by atoms with Gasteiger partial charge in [0.1, 0.15) is 0 Å². The fourth-order valence-corrected chi connectivity index (χ4v) is 3.07. The molecular formula is C17H18ClN3O4S. The van der Waals surface area contributed by atoms with E-state index in [0.717, 1.165) is 18.1 Å². The Kier molecular flexibility index (Phi) is 6.36. The molecule has 2 rings (SSSR count). The molecule has 0 fully saturated rings. The van der Waals surface area contributed by atoms with Gasteiger partial charge in [0.25, 0.3) is 11.8 Å². The van der Waals surface area contributed by atoms with Gasteiger partial charge in [0.15, 0.2) is 0 Å². The molecule has 2 amide bonds. The second kappa shape index (κ2) is 8.31. The number of hydrogen-bond acceptors (Lipinski definition) is 4. The maximum absolute atomic E-state index is 12.2. The van der Waals surface area contributed by atoms with Crippen molar-refractivity contribution in [2.75, 3.05) is 7.05 Å². The summed E-state index contributed by atoms with van der Waals surface area (Å²) in [7, 11) is -2.47. The quantitative estimate of drug-likeness (QED) is 0.672. The zero-order valence-corrected chi connectivity index (χ0v) is 15.7. The van der Waals surface area contributed by atoms with Crippen molar-refractivity contribution in [3.63, 3.8) is 0 Å². The first-order chi connectivity index (χ1) is 12.3. The van der Waals surface area contributed by atoms with Crippen LogP contribution in [-0.2, 0) is 16.4 Å². The molecule has 0 bridgehead atoms. The van der Waals surface area contributed by atoms with Crippen molar-refractivity contribution in [1.82, 2.24) is 15.6 Å². The molecule has 0 aliphatic heterocycles. The van der Waals surface area contributed by atoms with Crippen molar-refractivity contribution in [2.45, 2.75) is 18.2 Å². The molecule has 3 N–H and O–H groups in total. The van der Waals surface area contributed by atoms with Crippen molar-refractivity contribution in [3.05, 3.63) is 64.2 Å². The van der Waals surface area contributed by atoms with E-state index in [9.17, 15) is 18.0 Å². The third-order valence-corrected chi connectivity index (χ3v) is 5.42. The van der Waals surface area contributed by atoms with E-state index in [0.29, 0.717) is 5.56 Å². The Morgan fingerprint density at radius 3 is 2.19 bits per heavy atom. The number of aryl methyl sites for hydroxylation is 1. The number of carbonyl (C=O) groups is 2. The van der Waals surface area contributed by atoms with Gasteiger partial charge in [-0.25, -0.2) is 13.1 Å². The number of amides is 2. The minimum Gasteiger partial charge on any atom is -0.267 e. The summed E-state index contributed by atoms with van der Waals surface area (Å²) in [4.78, 5) is 24.2. The van der Waals surface area contributed by atoms with Gasteiger partial charge in [0.2, 0.25) is 10.0 Å². The number of hydrogen-bond donors (Lipinski definition) is 3. The van der Waals surface area contributed by atoms with Crippen LogP contribution in [0.15, 0.2) is 47.4 Å². The van der Waals surface area contributed by atoms with E-state index in [1.54, 1.807) is 12.1 Å². The van der Waals surface area contributed by atoms with Crippen molar-refractivity contribution in [2.24, 2.45) is 0 Å². The standard InChI is InChI=1S/C17H18ClN3O4S/c1-3-11-4-6-12(7-5-11)16(22)20-21-17(23)14-10-13(8-9-15(14)18)26(24,25)19-2/h4-10,19H,3H2,1-2H3,(H,20,22)(H,21,23). The molecule has 0 atom stereocenters. The molecule has 26 heavy (non-hydrogen) atoms. The predicted octanol–water partition coefficient (Wildman–Crippen LogP) is 1.89. The van der Waals surface area contributed by atoms with Crippen LogP contribution in [0.1, 0.15) is 33.2 Å². The number of carbonyl (C=O) groups excluding carboxylic acids is 2. The van der Waals surface area contributed by atoms with Crippen molar-refractivity contribution >= 4 is 33.4 Å². The fourth-order valence-electron chi connectivity index (χ4n) is 2.11. The monoisotopic (exact) mass is 395 g/mol. The Morgan fingerprint density at radius 1 is 1.00 bits per heavy atom. The molecule has 0 aliphatic carbocycles. The summed E-state index contributed by atoms with van der Waals surface area (Å²) in [5, 5.41) is 0.0547. The Balaban J connectivity index is 2.12. The molecule has 2 aromatic rings. The molecule has 0 radical (unpaired) electrons. The Labute approximate surface area is 156 Å². The maximum atomic E-state index is 12.2. The number of benzene rings is 2. The van der Waals surface area contributed by atoms with E-state index in [4.69, 9.17) is 11.6 Å². The molecule has 0 spiro atoms. The second-order valence-corrected chi connectivity index (χ2v) is 7.60. The van der Waals surface area contributed by atoms with E-state index in [1.165, 1.54) is 19.2 Å². The highest BCUT2D eigenvalue weighted by molar-refractivity contribution is 7.89. The SMILES string of the molecule is CCc1ccc(C(=O)NNC(=O)c2cc(S(=O)(=O)NC)ccc2Cl)cc1. The van der Waals surface area contributed by atoms with Gasteiger partial charge in [-0.15, -0.1) is 0 Å². The number of nitrogens with one attached hydrogen (secondary N) is 3. The first-order valence-corrected chi connectivity index (χ1v) is 9.57. The molecule has 0 unspecified atom stereocenters.